The number of nitrogens with zero attached hydrogens (tertiary/aromatic N) is 1. The first-order valence-electron chi connectivity index (χ1n) is 5.70. The van der Waals surface area contributed by atoms with Crippen LogP contribution < -0.4 is 11.5 Å². The molecule has 0 radical (unpaired) electrons. The van der Waals surface area contributed by atoms with Gasteiger partial charge in [0.1, 0.15) is 5.25 Å². The van der Waals surface area contributed by atoms with E-state index in [-0.39, 0.29) is 5.96 Å². The average Bonchev–Trinajstić information content (AvgIpc) is 2.34. The molecule has 0 fully saturated rings. The molecule has 1 rings (SSSR count). The maximum atomic E-state index is 11.2. The molecule has 1 atom stereocenters. The number of hydrogen-bond acceptors (Lipinski definition) is 3. The fraction of sp³-hybridized carbons (Fsp3) is 0.333. The van der Waals surface area contributed by atoms with Crippen molar-refractivity contribution in [3.05, 3.63) is 28.7 Å². The highest BCUT2D eigenvalue weighted by Crippen LogP contribution is 2.32. The first-order chi connectivity index (χ1) is 9.00. The van der Waals surface area contributed by atoms with E-state index >= 15 is 0 Å². The zero-order chi connectivity index (χ0) is 14.3. The van der Waals surface area contributed by atoms with Gasteiger partial charge in [0.2, 0.25) is 0 Å². The Bertz CT molecular complexity index is 464. The molecular weight excluding hydrogens is 330 g/mol. The van der Waals surface area contributed by atoms with Crippen molar-refractivity contribution in [1.29, 1.82) is 0 Å². The Balaban J connectivity index is 2.56. The van der Waals surface area contributed by atoms with Gasteiger partial charge >= 0.3 is 5.97 Å². The lowest BCUT2D eigenvalue weighted by Crippen LogP contribution is -2.23. The fourth-order valence-corrected chi connectivity index (χ4v) is 3.01. The number of aliphatic imine (C=N–C) groups is 1. The van der Waals surface area contributed by atoms with Crippen LogP contribution in [-0.2, 0) is 4.79 Å². The lowest BCUT2D eigenvalue weighted by molar-refractivity contribution is -0.136. The smallest absolute Gasteiger partial charge is 0.316 e. The van der Waals surface area contributed by atoms with Gasteiger partial charge < -0.3 is 16.6 Å². The Morgan fingerprint density at radius 3 is 2.68 bits per heavy atom. The Hall–Kier alpha value is -1.21. The van der Waals surface area contributed by atoms with E-state index in [1.807, 2.05) is 24.3 Å². The van der Waals surface area contributed by atoms with E-state index in [9.17, 15) is 9.90 Å². The molecule has 0 aromatic heterocycles. The zero-order valence-electron chi connectivity index (χ0n) is 10.3. The summed E-state index contributed by atoms with van der Waals surface area (Å²) < 4.78 is 0.899. The maximum absolute atomic E-state index is 11.2. The summed E-state index contributed by atoms with van der Waals surface area (Å²) in [6.07, 6.45) is 1.14. The Kier molecular flexibility index (Phi) is 6.72. The Labute approximate surface area is 124 Å². The zero-order valence-corrected chi connectivity index (χ0v) is 12.7. The molecule has 0 aliphatic carbocycles. The van der Waals surface area contributed by atoms with Gasteiger partial charge in [0.25, 0.3) is 0 Å². The highest BCUT2D eigenvalue weighted by molar-refractivity contribution is 9.10. The van der Waals surface area contributed by atoms with E-state index in [2.05, 4.69) is 20.9 Å². The molecule has 0 saturated carbocycles. The van der Waals surface area contributed by atoms with E-state index < -0.39 is 11.2 Å². The van der Waals surface area contributed by atoms with E-state index in [0.29, 0.717) is 19.4 Å². The first kappa shape index (κ1) is 15.8. The molecule has 1 unspecified atom stereocenters. The molecule has 104 valence electrons. The van der Waals surface area contributed by atoms with Crippen molar-refractivity contribution < 1.29 is 9.90 Å². The van der Waals surface area contributed by atoms with Crippen molar-refractivity contribution in [1.82, 2.24) is 0 Å². The van der Waals surface area contributed by atoms with E-state index in [0.717, 1.165) is 9.37 Å². The van der Waals surface area contributed by atoms with Crippen LogP contribution in [0.5, 0.6) is 0 Å². The third-order valence-electron chi connectivity index (χ3n) is 2.30. The summed E-state index contributed by atoms with van der Waals surface area (Å²) in [5, 5.41) is 8.71. The maximum Gasteiger partial charge on any atom is 0.316 e. The molecule has 0 aliphatic heterocycles. The Morgan fingerprint density at radius 1 is 1.42 bits per heavy atom. The number of hydrogen-bond donors (Lipinski definition) is 3. The minimum Gasteiger partial charge on any atom is -0.480 e. The van der Waals surface area contributed by atoms with Gasteiger partial charge in [-0.25, -0.2) is 0 Å². The molecule has 1 aromatic rings. The van der Waals surface area contributed by atoms with Crippen molar-refractivity contribution >= 4 is 39.6 Å². The number of rotatable bonds is 7. The monoisotopic (exact) mass is 345 g/mol. The molecule has 5 N–H and O–H groups in total. The number of benzene rings is 1. The van der Waals surface area contributed by atoms with Crippen molar-refractivity contribution in [2.45, 2.75) is 23.0 Å². The fourth-order valence-electron chi connectivity index (χ4n) is 1.41. The van der Waals surface area contributed by atoms with Crippen LogP contribution in [0.3, 0.4) is 0 Å². The van der Waals surface area contributed by atoms with Crippen LogP contribution in [0, 0.1) is 0 Å². The van der Waals surface area contributed by atoms with Gasteiger partial charge in [-0.05, 0) is 40.9 Å². The van der Waals surface area contributed by atoms with Crippen LogP contribution in [0.1, 0.15) is 12.8 Å². The number of aliphatic carboxylic acids is 1. The number of thioether (sulfide) groups is 1. The van der Waals surface area contributed by atoms with Gasteiger partial charge in [-0.1, -0.05) is 12.1 Å². The first-order valence-corrected chi connectivity index (χ1v) is 7.37. The minimum atomic E-state index is -0.828. The average molecular weight is 346 g/mol. The van der Waals surface area contributed by atoms with E-state index in [1.165, 1.54) is 11.8 Å². The molecule has 5 nitrogen and oxygen atoms in total. The van der Waals surface area contributed by atoms with Gasteiger partial charge in [0.15, 0.2) is 5.96 Å². The summed E-state index contributed by atoms with van der Waals surface area (Å²) in [5.41, 5.74) is 10.4. The quantitative estimate of drug-likeness (QED) is 0.304. The summed E-state index contributed by atoms with van der Waals surface area (Å²) in [4.78, 5) is 16.0. The summed E-state index contributed by atoms with van der Waals surface area (Å²) in [6.45, 7) is 0.447. The van der Waals surface area contributed by atoms with E-state index in [4.69, 9.17) is 11.5 Å². The molecule has 0 aliphatic rings. The predicted molar refractivity (Wildman–Crippen MR) is 81.3 cm³/mol. The molecule has 19 heavy (non-hydrogen) atoms. The molecule has 0 saturated heterocycles. The minimum absolute atomic E-state index is 0.0327. The van der Waals surface area contributed by atoms with Gasteiger partial charge in [-0.3, -0.25) is 9.79 Å². The second-order valence-corrected chi connectivity index (χ2v) is 5.92. The number of carbonyl (C=O) groups is 1. The second-order valence-electron chi connectivity index (χ2n) is 3.82. The lowest BCUT2D eigenvalue weighted by Gasteiger charge is -2.12. The standard InChI is InChI=1S/C12H16BrN3O2S/c13-8-4-1-2-5-9(8)19-10(11(17)18)6-3-7-16-12(14)15/h1-2,4-5,10H,3,6-7H2,(H,17,18)(H4,14,15,16). The van der Waals surface area contributed by atoms with Crippen molar-refractivity contribution in [2.75, 3.05) is 6.54 Å². The van der Waals surface area contributed by atoms with Crippen molar-refractivity contribution in [3.63, 3.8) is 0 Å². The van der Waals surface area contributed by atoms with Crippen LogP contribution in [-0.4, -0.2) is 28.8 Å². The van der Waals surface area contributed by atoms with Crippen molar-refractivity contribution in [2.24, 2.45) is 16.5 Å². The Morgan fingerprint density at radius 2 is 2.11 bits per heavy atom. The highest BCUT2D eigenvalue weighted by atomic mass is 79.9. The van der Waals surface area contributed by atoms with Crippen LogP contribution in [0.2, 0.25) is 0 Å². The highest BCUT2D eigenvalue weighted by Gasteiger charge is 2.19. The second kappa shape index (κ2) is 8.06. The number of carboxylic acids is 1. The van der Waals surface area contributed by atoms with Crippen LogP contribution in [0.15, 0.2) is 38.6 Å². The van der Waals surface area contributed by atoms with Crippen LogP contribution >= 0.6 is 27.7 Å². The summed E-state index contributed by atoms with van der Waals surface area (Å²) >= 11 is 4.73. The third kappa shape index (κ3) is 5.98. The van der Waals surface area contributed by atoms with Crippen LogP contribution in [0.4, 0.5) is 0 Å². The number of carboxylic acid groups (broad SMARTS) is 1. The topological polar surface area (TPSA) is 102 Å². The molecule has 1 aromatic carbocycles. The lowest BCUT2D eigenvalue weighted by atomic mass is 10.2. The summed E-state index contributed by atoms with van der Waals surface area (Å²) in [7, 11) is 0. The summed E-state index contributed by atoms with van der Waals surface area (Å²) in [5.74, 6) is -0.796. The molecular formula is C12H16BrN3O2S. The SMILES string of the molecule is NC(N)=NCCCC(Sc1ccccc1Br)C(=O)O. The molecule has 0 amide bonds. The number of nitrogens with two attached hydrogens (primary N) is 2. The predicted octanol–water partition coefficient (Wildman–Crippen LogP) is 2.05. The summed E-state index contributed by atoms with van der Waals surface area (Å²) in [6, 6.07) is 7.55. The van der Waals surface area contributed by atoms with Crippen LogP contribution in [0.25, 0.3) is 0 Å². The number of halogens is 1. The van der Waals surface area contributed by atoms with Gasteiger partial charge in [0, 0.05) is 15.9 Å². The van der Waals surface area contributed by atoms with E-state index in [1.54, 1.807) is 0 Å². The molecule has 0 heterocycles. The third-order valence-corrected chi connectivity index (χ3v) is 4.59. The van der Waals surface area contributed by atoms with Gasteiger partial charge in [0.05, 0.1) is 0 Å². The van der Waals surface area contributed by atoms with Crippen molar-refractivity contribution in [3.8, 4) is 0 Å². The largest absolute Gasteiger partial charge is 0.480 e. The molecule has 0 spiro atoms. The molecule has 7 heteroatoms. The number of guanidine groups is 1. The van der Waals surface area contributed by atoms with Gasteiger partial charge in [-0.2, -0.15) is 0 Å². The molecule has 0 bridgehead atoms. The normalized spacial score (nSPS) is 11.8. The van der Waals surface area contributed by atoms with Gasteiger partial charge in [-0.15, -0.1) is 11.8 Å².